The van der Waals surface area contributed by atoms with Gasteiger partial charge in [-0.05, 0) is 91.2 Å². The fourth-order valence-corrected chi connectivity index (χ4v) is 9.02. The molecular weight excluding hydrogens is 596 g/mol. The largest absolute Gasteiger partial charge is 0.480 e. The van der Waals surface area contributed by atoms with Gasteiger partial charge < -0.3 is 14.7 Å². The zero-order valence-electron chi connectivity index (χ0n) is 24.0. The summed E-state index contributed by atoms with van der Waals surface area (Å²) in [5.74, 6) is -0.954. The highest BCUT2D eigenvalue weighted by Gasteiger charge is 2.28. The van der Waals surface area contributed by atoms with E-state index in [1.165, 1.54) is 49.5 Å². The van der Waals surface area contributed by atoms with E-state index in [0.29, 0.717) is 18.2 Å². The second kappa shape index (κ2) is 12.5. The van der Waals surface area contributed by atoms with Crippen LogP contribution in [0.1, 0.15) is 49.1 Å². The zero-order valence-corrected chi connectivity index (χ0v) is 26.4. The number of thioether (sulfide) groups is 1. The SMILES string of the molecule is O=C(O)COCCN1/C(=C/C2=CC(=C/C3=CC(=C/c4sc5cccc6c5[n+]4CC6)/CCC3)/CCC2)Sc2ccc(Cl)cc21. The van der Waals surface area contributed by atoms with Gasteiger partial charge in [-0.15, -0.1) is 0 Å². The molecule has 1 N–H and O–H groups in total. The highest BCUT2D eigenvalue weighted by atomic mass is 35.5. The monoisotopic (exact) mass is 629 g/mol. The molecule has 0 unspecified atom stereocenters. The lowest BCUT2D eigenvalue weighted by Gasteiger charge is -2.22. The molecule has 0 radical (unpaired) electrons. The molecule has 2 aromatic carbocycles. The summed E-state index contributed by atoms with van der Waals surface area (Å²) in [6.07, 6.45) is 19.8. The summed E-state index contributed by atoms with van der Waals surface area (Å²) in [4.78, 5) is 14.3. The molecule has 1 aromatic heterocycles. The molecule has 8 heteroatoms. The third-order valence-electron chi connectivity index (χ3n) is 8.41. The first-order chi connectivity index (χ1) is 21.0. The molecule has 0 saturated carbocycles. The number of carboxylic acids is 1. The Kier molecular flexibility index (Phi) is 8.32. The molecule has 5 nitrogen and oxygen atoms in total. The number of fused-ring (bicyclic) bond motifs is 1. The van der Waals surface area contributed by atoms with Crippen molar-refractivity contribution >= 4 is 62.6 Å². The number of anilines is 1. The number of thiazole rings is 1. The van der Waals surface area contributed by atoms with Crippen LogP contribution >= 0.6 is 34.7 Å². The molecule has 0 amide bonds. The smallest absolute Gasteiger partial charge is 0.329 e. The van der Waals surface area contributed by atoms with Gasteiger partial charge >= 0.3 is 5.97 Å². The van der Waals surface area contributed by atoms with Crippen LogP contribution in [0.3, 0.4) is 0 Å². The number of allylic oxidation sites excluding steroid dienone is 8. The lowest BCUT2D eigenvalue weighted by atomic mass is 9.90. The number of carbonyl (C=O) groups is 1. The summed E-state index contributed by atoms with van der Waals surface area (Å²) >= 11 is 9.99. The van der Waals surface area contributed by atoms with Gasteiger partial charge in [0.1, 0.15) is 11.3 Å². The Hall–Kier alpha value is -3.10. The van der Waals surface area contributed by atoms with E-state index in [1.54, 1.807) is 11.8 Å². The van der Waals surface area contributed by atoms with Crippen LogP contribution in [-0.4, -0.2) is 30.8 Å². The van der Waals surface area contributed by atoms with E-state index in [1.807, 2.05) is 23.5 Å². The Bertz CT molecular complexity index is 1760. The van der Waals surface area contributed by atoms with E-state index < -0.39 is 5.97 Å². The van der Waals surface area contributed by atoms with Gasteiger partial charge in [0.25, 0.3) is 5.01 Å². The standard InChI is InChI=1S/C35H33ClN2O3S2/c36-28-10-11-30-29(21-28)37(14-15-41-22-34(39)40)32(42-30)19-25-6-1-4-23(17-25)16-24-5-2-7-26(18-24)20-33-38-13-12-27-8-3-9-31(43-33)35(27)38/h3,8-11,16-21H,1-2,4-7,12-15,22H2/p+1. The molecule has 0 atom stereocenters. The lowest BCUT2D eigenvalue weighted by molar-refractivity contribution is -0.661. The van der Waals surface area contributed by atoms with Gasteiger partial charge in [0.15, 0.2) is 6.54 Å². The summed E-state index contributed by atoms with van der Waals surface area (Å²) in [6.45, 7) is 1.69. The van der Waals surface area contributed by atoms with E-state index >= 15 is 0 Å². The van der Waals surface area contributed by atoms with Gasteiger partial charge in [-0.3, -0.25) is 0 Å². The van der Waals surface area contributed by atoms with Crippen LogP contribution in [-0.2, 0) is 22.5 Å². The molecule has 2 aliphatic carbocycles. The number of halogens is 1. The maximum atomic E-state index is 10.9. The molecule has 3 heterocycles. The fraction of sp³-hybridized carbons (Fsp3) is 0.314. The van der Waals surface area contributed by atoms with Gasteiger partial charge in [0.2, 0.25) is 5.52 Å². The van der Waals surface area contributed by atoms with Crippen molar-refractivity contribution in [2.75, 3.05) is 24.7 Å². The van der Waals surface area contributed by atoms with Crippen molar-refractivity contribution in [1.29, 1.82) is 0 Å². The number of aryl methyl sites for hydroxylation is 2. The Balaban J connectivity index is 1.12. The second-order valence-corrected chi connectivity index (χ2v) is 14.0. The molecule has 220 valence electrons. The van der Waals surface area contributed by atoms with Gasteiger partial charge in [-0.1, -0.05) is 65.1 Å². The van der Waals surface area contributed by atoms with Crippen molar-refractivity contribution in [2.45, 2.75) is 56.4 Å². The van der Waals surface area contributed by atoms with Crippen LogP contribution in [0.5, 0.6) is 0 Å². The Labute approximate surface area is 265 Å². The quantitative estimate of drug-likeness (QED) is 0.200. The Morgan fingerprint density at radius 2 is 1.79 bits per heavy atom. The van der Waals surface area contributed by atoms with Crippen LogP contribution in [0, 0.1) is 0 Å². The first-order valence-electron chi connectivity index (χ1n) is 15.0. The van der Waals surface area contributed by atoms with E-state index in [9.17, 15) is 4.79 Å². The van der Waals surface area contributed by atoms with Gasteiger partial charge in [-0.2, -0.15) is 4.57 Å². The zero-order chi connectivity index (χ0) is 29.3. The van der Waals surface area contributed by atoms with E-state index in [0.717, 1.165) is 60.7 Å². The highest BCUT2D eigenvalue weighted by Crippen LogP contribution is 2.47. The Morgan fingerprint density at radius 1 is 1.00 bits per heavy atom. The third-order valence-corrected chi connectivity index (χ3v) is 10.9. The van der Waals surface area contributed by atoms with Crippen LogP contribution < -0.4 is 9.47 Å². The number of para-hydroxylation sites is 1. The molecule has 2 aliphatic heterocycles. The van der Waals surface area contributed by atoms with Crippen molar-refractivity contribution in [2.24, 2.45) is 0 Å². The molecule has 0 fully saturated rings. The topological polar surface area (TPSA) is 53.7 Å². The Morgan fingerprint density at radius 3 is 2.60 bits per heavy atom. The highest BCUT2D eigenvalue weighted by molar-refractivity contribution is 8.03. The van der Waals surface area contributed by atoms with Gasteiger partial charge in [0.05, 0.1) is 17.3 Å². The number of carboxylic acid groups (broad SMARTS) is 1. The van der Waals surface area contributed by atoms with Gasteiger partial charge in [0, 0.05) is 34.5 Å². The number of hydrogen-bond acceptors (Lipinski definition) is 5. The third kappa shape index (κ3) is 6.27. The molecule has 0 saturated heterocycles. The van der Waals surface area contributed by atoms with Crippen LogP contribution in [0.25, 0.3) is 16.3 Å². The summed E-state index contributed by atoms with van der Waals surface area (Å²) in [5.41, 5.74) is 9.55. The van der Waals surface area contributed by atoms with Crippen LogP contribution in [0.4, 0.5) is 5.69 Å². The maximum absolute atomic E-state index is 10.9. The number of nitrogens with zero attached hydrogens (tertiary/aromatic N) is 2. The summed E-state index contributed by atoms with van der Waals surface area (Å²) < 4.78 is 9.29. The molecule has 0 spiro atoms. The number of aliphatic carboxylic acids is 1. The molecule has 43 heavy (non-hydrogen) atoms. The fourth-order valence-electron chi connectivity index (χ4n) is 6.49. The van der Waals surface area contributed by atoms with Crippen molar-refractivity contribution in [3.05, 3.63) is 104 Å². The van der Waals surface area contributed by atoms with E-state index in [4.69, 9.17) is 21.4 Å². The predicted molar refractivity (Wildman–Crippen MR) is 177 cm³/mol. The minimum absolute atomic E-state index is 0.292. The van der Waals surface area contributed by atoms with Crippen LogP contribution in [0.2, 0.25) is 5.02 Å². The number of benzene rings is 2. The summed E-state index contributed by atoms with van der Waals surface area (Å²) in [6, 6.07) is 12.7. The summed E-state index contributed by atoms with van der Waals surface area (Å²) in [5, 5.41) is 12.1. The minimum Gasteiger partial charge on any atom is -0.480 e. The number of aromatic nitrogens is 1. The first-order valence-corrected chi connectivity index (χ1v) is 17.0. The average molecular weight is 630 g/mol. The lowest BCUT2D eigenvalue weighted by Crippen LogP contribution is -2.31. The number of hydrogen-bond donors (Lipinski definition) is 1. The molecular formula is C35H34ClN2O3S2+. The first kappa shape index (κ1) is 28.7. The van der Waals surface area contributed by atoms with Crippen LogP contribution in [0.15, 0.2) is 92.9 Å². The summed E-state index contributed by atoms with van der Waals surface area (Å²) in [7, 11) is 0. The molecule has 4 aliphatic rings. The second-order valence-electron chi connectivity index (χ2n) is 11.5. The van der Waals surface area contributed by atoms with Gasteiger partial charge in [-0.25, -0.2) is 4.79 Å². The van der Waals surface area contributed by atoms with Crippen molar-refractivity contribution in [3.8, 4) is 0 Å². The molecule has 3 aromatic rings. The maximum Gasteiger partial charge on any atom is 0.329 e. The number of rotatable bonds is 8. The predicted octanol–water partition coefficient (Wildman–Crippen LogP) is 8.48. The van der Waals surface area contributed by atoms with Crippen molar-refractivity contribution in [3.63, 3.8) is 0 Å². The molecule has 0 bridgehead atoms. The molecule has 7 rings (SSSR count). The van der Waals surface area contributed by atoms with Crippen molar-refractivity contribution < 1.29 is 19.2 Å². The minimum atomic E-state index is -0.954. The van der Waals surface area contributed by atoms with Crippen molar-refractivity contribution in [1.82, 2.24) is 0 Å². The van der Waals surface area contributed by atoms with E-state index in [-0.39, 0.29) is 6.61 Å². The normalized spacial score (nSPS) is 20.8. The number of ether oxygens (including phenoxy) is 1. The van der Waals surface area contributed by atoms with E-state index in [2.05, 4.69) is 64.1 Å². The average Bonchev–Trinajstić information content (AvgIpc) is 3.68.